The standard InChI is InChI=1S/C24H19FN6O4S/c1-30(36(34,35)20-8-6-19(7-9-20)31(32)33)14-23(16-3-2-4-18(25)11-16)29-22-10-5-17(12-26)24-21(22)13-27-15-28-24/h2-11,13,15,23,29H,14H2,1H3/t23-/m0/s1. The van der Waals surface area contributed by atoms with E-state index < -0.39 is 26.8 Å². The molecule has 4 aromatic rings. The molecule has 0 spiro atoms. The Bertz CT molecular complexity index is 1590. The minimum Gasteiger partial charge on any atom is -0.376 e. The lowest BCUT2D eigenvalue weighted by atomic mass is 10.0. The molecule has 1 N–H and O–H groups in total. The third-order valence-corrected chi connectivity index (χ3v) is 7.41. The molecule has 1 atom stereocenters. The number of hydrogen-bond donors (Lipinski definition) is 1. The SMILES string of the molecule is CN(C[C@H](Nc1ccc(C#N)c2ncncc12)c1cccc(F)c1)S(=O)(=O)c1ccc([N+](=O)[O-])cc1. The molecule has 0 aliphatic carbocycles. The number of nitro groups is 1. The second-order valence-corrected chi connectivity index (χ2v) is 9.89. The van der Waals surface area contributed by atoms with Crippen LogP contribution in [0.5, 0.6) is 0 Å². The average molecular weight is 507 g/mol. The highest BCUT2D eigenvalue weighted by molar-refractivity contribution is 7.89. The van der Waals surface area contributed by atoms with E-state index in [-0.39, 0.29) is 17.1 Å². The van der Waals surface area contributed by atoms with Gasteiger partial charge in [-0.1, -0.05) is 12.1 Å². The Morgan fingerprint density at radius 2 is 1.94 bits per heavy atom. The monoisotopic (exact) mass is 506 g/mol. The molecule has 0 saturated carbocycles. The zero-order valence-electron chi connectivity index (χ0n) is 18.9. The number of benzene rings is 3. The fraction of sp³-hybridized carbons (Fsp3) is 0.125. The molecule has 0 saturated heterocycles. The first-order valence-corrected chi connectivity index (χ1v) is 12.0. The molecule has 0 unspecified atom stereocenters. The second kappa shape index (κ2) is 10.0. The molecule has 1 aromatic heterocycles. The molecule has 4 rings (SSSR count). The number of nitro benzene ring substituents is 1. The van der Waals surface area contributed by atoms with Gasteiger partial charge in [0.15, 0.2) is 0 Å². The van der Waals surface area contributed by atoms with Gasteiger partial charge in [-0.05, 0) is 42.0 Å². The number of sulfonamides is 1. The molecule has 0 bridgehead atoms. The van der Waals surface area contributed by atoms with Gasteiger partial charge in [-0.15, -0.1) is 0 Å². The summed E-state index contributed by atoms with van der Waals surface area (Å²) in [5.74, 6) is -0.492. The van der Waals surface area contributed by atoms with Gasteiger partial charge in [-0.25, -0.2) is 22.8 Å². The molecular formula is C24H19FN6O4S. The molecular weight excluding hydrogens is 487 g/mol. The zero-order chi connectivity index (χ0) is 25.9. The fourth-order valence-electron chi connectivity index (χ4n) is 3.71. The highest BCUT2D eigenvalue weighted by Gasteiger charge is 2.26. The van der Waals surface area contributed by atoms with Gasteiger partial charge in [0.05, 0.1) is 26.9 Å². The van der Waals surface area contributed by atoms with E-state index in [1.165, 1.54) is 49.9 Å². The van der Waals surface area contributed by atoms with Gasteiger partial charge in [-0.3, -0.25) is 10.1 Å². The van der Waals surface area contributed by atoms with Gasteiger partial charge in [0.25, 0.3) is 5.69 Å². The smallest absolute Gasteiger partial charge is 0.269 e. The minimum atomic E-state index is -4.03. The fourth-order valence-corrected chi connectivity index (χ4v) is 4.90. The first-order chi connectivity index (χ1) is 17.2. The summed E-state index contributed by atoms with van der Waals surface area (Å²) in [6.07, 6.45) is 2.85. The van der Waals surface area contributed by atoms with Crippen molar-refractivity contribution in [2.75, 3.05) is 18.9 Å². The van der Waals surface area contributed by atoms with Crippen LogP contribution in [0, 0.1) is 27.3 Å². The molecule has 182 valence electrons. The van der Waals surface area contributed by atoms with E-state index in [9.17, 15) is 28.2 Å². The number of non-ortho nitro benzene ring substituents is 1. The number of nitriles is 1. The largest absolute Gasteiger partial charge is 0.376 e. The summed E-state index contributed by atoms with van der Waals surface area (Å²) in [6, 6.07) is 14.9. The van der Waals surface area contributed by atoms with Crippen LogP contribution in [0.25, 0.3) is 10.9 Å². The van der Waals surface area contributed by atoms with E-state index in [1.54, 1.807) is 18.2 Å². The van der Waals surface area contributed by atoms with Crippen LogP contribution in [0.3, 0.4) is 0 Å². The van der Waals surface area contributed by atoms with E-state index in [2.05, 4.69) is 21.4 Å². The summed E-state index contributed by atoms with van der Waals surface area (Å²) in [4.78, 5) is 18.4. The molecule has 1 heterocycles. The summed E-state index contributed by atoms with van der Waals surface area (Å²) in [6.45, 7) is -0.113. The van der Waals surface area contributed by atoms with Crippen molar-refractivity contribution in [2.24, 2.45) is 0 Å². The summed E-state index contributed by atoms with van der Waals surface area (Å²) in [5.41, 5.74) is 1.54. The van der Waals surface area contributed by atoms with Gasteiger partial charge in [0.1, 0.15) is 18.2 Å². The summed E-state index contributed by atoms with van der Waals surface area (Å²) >= 11 is 0. The summed E-state index contributed by atoms with van der Waals surface area (Å²) in [7, 11) is -2.67. The molecule has 0 aliphatic heterocycles. The third-order valence-electron chi connectivity index (χ3n) is 5.57. The van der Waals surface area contributed by atoms with Gasteiger partial charge in [-0.2, -0.15) is 9.57 Å². The molecule has 0 radical (unpaired) electrons. The highest BCUT2D eigenvalue weighted by atomic mass is 32.2. The van der Waals surface area contributed by atoms with Crippen LogP contribution in [0.1, 0.15) is 17.2 Å². The van der Waals surface area contributed by atoms with Crippen molar-refractivity contribution in [3.8, 4) is 6.07 Å². The molecule has 3 aromatic carbocycles. The van der Waals surface area contributed by atoms with E-state index in [1.807, 2.05) is 0 Å². The topological polar surface area (TPSA) is 142 Å². The lowest BCUT2D eigenvalue weighted by Gasteiger charge is -2.26. The predicted octanol–water partition coefficient (Wildman–Crippen LogP) is 4.02. The summed E-state index contributed by atoms with van der Waals surface area (Å²) in [5, 5.41) is 24.1. The van der Waals surface area contributed by atoms with E-state index in [0.717, 1.165) is 16.4 Å². The normalized spacial score (nSPS) is 12.3. The van der Waals surface area contributed by atoms with Gasteiger partial charge in [0, 0.05) is 43.0 Å². The molecule has 0 fully saturated rings. The van der Waals surface area contributed by atoms with Crippen LogP contribution in [-0.4, -0.2) is 41.2 Å². The average Bonchev–Trinajstić information content (AvgIpc) is 2.88. The van der Waals surface area contributed by atoms with E-state index in [4.69, 9.17) is 0 Å². The van der Waals surface area contributed by atoms with Crippen molar-refractivity contribution in [3.05, 3.63) is 100 Å². The molecule has 10 nitrogen and oxygen atoms in total. The van der Waals surface area contributed by atoms with Crippen molar-refractivity contribution in [2.45, 2.75) is 10.9 Å². The number of anilines is 1. The van der Waals surface area contributed by atoms with Crippen molar-refractivity contribution in [3.63, 3.8) is 0 Å². The van der Waals surface area contributed by atoms with Gasteiger partial charge < -0.3 is 5.32 Å². The van der Waals surface area contributed by atoms with E-state index >= 15 is 0 Å². The van der Waals surface area contributed by atoms with Crippen LogP contribution in [0.2, 0.25) is 0 Å². The van der Waals surface area contributed by atoms with Crippen molar-refractivity contribution in [1.29, 1.82) is 5.26 Å². The Morgan fingerprint density at radius 1 is 1.19 bits per heavy atom. The van der Waals surface area contributed by atoms with Crippen LogP contribution < -0.4 is 5.32 Å². The first-order valence-electron chi connectivity index (χ1n) is 10.6. The van der Waals surface area contributed by atoms with Crippen molar-refractivity contribution in [1.82, 2.24) is 14.3 Å². The lowest BCUT2D eigenvalue weighted by molar-refractivity contribution is -0.384. The van der Waals surface area contributed by atoms with Crippen LogP contribution in [-0.2, 0) is 10.0 Å². The quantitative estimate of drug-likeness (QED) is 0.279. The number of halogens is 1. The van der Waals surface area contributed by atoms with E-state index in [0.29, 0.717) is 27.7 Å². The van der Waals surface area contributed by atoms with Crippen molar-refractivity contribution < 1.29 is 17.7 Å². The Hall–Kier alpha value is -4.47. The number of hydrogen-bond acceptors (Lipinski definition) is 8. The number of rotatable bonds is 8. The Morgan fingerprint density at radius 3 is 2.61 bits per heavy atom. The Kier molecular flexibility index (Phi) is 6.86. The van der Waals surface area contributed by atoms with Gasteiger partial charge in [0.2, 0.25) is 10.0 Å². The lowest BCUT2D eigenvalue weighted by Crippen LogP contribution is -2.33. The number of aromatic nitrogens is 2. The first kappa shape index (κ1) is 24.6. The molecule has 0 amide bonds. The highest BCUT2D eigenvalue weighted by Crippen LogP contribution is 2.29. The Balaban J connectivity index is 1.70. The minimum absolute atomic E-state index is 0.113. The maximum atomic E-state index is 14.1. The predicted molar refractivity (Wildman–Crippen MR) is 130 cm³/mol. The third kappa shape index (κ3) is 4.97. The van der Waals surface area contributed by atoms with Crippen molar-refractivity contribution >= 4 is 32.3 Å². The summed E-state index contributed by atoms with van der Waals surface area (Å²) < 4.78 is 41.6. The maximum absolute atomic E-state index is 14.1. The van der Waals surface area contributed by atoms with Crippen LogP contribution in [0.15, 0.2) is 78.1 Å². The molecule has 36 heavy (non-hydrogen) atoms. The Labute approximate surface area is 205 Å². The maximum Gasteiger partial charge on any atom is 0.269 e. The van der Waals surface area contributed by atoms with Gasteiger partial charge >= 0.3 is 0 Å². The number of fused-ring (bicyclic) bond motifs is 1. The van der Waals surface area contributed by atoms with Crippen LogP contribution >= 0.6 is 0 Å². The number of nitrogens with zero attached hydrogens (tertiary/aromatic N) is 5. The second-order valence-electron chi connectivity index (χ2n) is 7.85. The zero-order valence-corrected chi connectivity index (χ0v) is 19.7. The molecule has 12 heteroatoms. The number of nitrogens with one attached hydrogen (secondary N) is 1. The molecule has 0 aliphatic rings. The van der Waals surface area contributed by atoms with Crippen LogP contribution in [0.4, 0.5) is 15.8 Å². The number of likely N-dealkylation sites (N-methyl/N-ethyl adjacent to an activating group) is 1.